The molecule has 0 amide bonds. The molecule has 64 valence electrons. The third-order valence-corrected chi connectivity index (χ3v) is 1.84. The molecule has 0 aromatic carbocycles. The van der Waals surface area contributed by atoms with E-state index in [1.54, 1.807) is 24.3 Å². The van der Waals surface area contributed by atoms with Crippen molar-refractivity contribution in [3.8, 4) is 6.07 Å². The highest BCUT2D eigenvalue weighted by Gasteiger charge is 1.88. The number of allylic oxidation sites excluding steroid dienone is 6. The molecule has 0 rings (SSSR count). The fourth-order valence-electron chi connectivity index (χ4n) is 0.454. The van der Waals surface area contributed by atoms with Crippen LogP contribution in [0, 0.1) is 11.3 Å². The van der Waals surface area contributed by atoms with Crippen molar-refractivity contribution >= 4 is 15.9 Å². The summed E-state index contributed by atoms with van der Waals surface area (Å²) in [4.78, 5) is 0. The molecule has 0 radical (unpaired) electrons. The molecule has 0 fully saturated rings. The average molecular weight is 230 g/mol. The molecule has 0 bridgehead atoms. The Labute approximate surface area is 80.0 Å². The van der Waals surface area contributed by atoms with E-state index < -0.39 is 0 Å². The Morgan fingerprint density at radius 3 is 2.75 bits per heavy atom. The molecule has 0 aliphatic carbocycles. The Bertz CT molecular complexity index is 254. The predicted octanol–water partition coefficient (Wildman–Crippen LogP) is 3.61. The van der Waals surface area contributed by atoms with Crippen LogP contribution in [0.15, 0.2) is 34.6 Å². The number of nitrogens with zero attached hydrogens (tertiary/aromatic N) is 1. The molecule has 0 N–H and O–H groups in total. The van der Waals surface area contributed by atoms with Crippen molar-refractivity contribution in [1.29, 1.82) is 5.26 Å². The first kappa shape index (κ1) is 11.1. The first-order chi connectivity index (χ1) is 5.68. The van der Waals surface area contributed by atoms with Gasteiger partial charge in [0.1, 0.15) is 5.83 Å². The fourth-order valence-corrected chi connectivity index (χ4v) is 0.607. The molecule has 0 atom stereocenters. The monoisotopic (exact) mass is 229 g/mol. The number of halogens is 2. The largest absolute Gasteiger partial charge is 0.211 e. The van der Waals surface area contributed by atoms with Crippen LogP contribution in [0.3, 0.4) is 0 Å². The van der Waals surface area contributed by atoms with Gasteiger partial charge in [-0.25, -0.2) is 4.39 Å². The maximum Gasteiger partial charge on any atom is 0.111 e. The summed E-state index contributed by atoms with van der Waals surface area (Å²) in [5.74, 6) is -0.264. The second-order valence-electron chi connectivity index (χ2n) is 2.03. The molecule has 12 heavy (non-hydrogen) atoms. The van der Waals surface area contributed by atoms with Gasteiger partial charge in [0.15, 0.2) is 0 Å². The Hall–Kier alpha value is -0.880. The van der Waals surface area contributed by atoms with Gasteiger partial charge in [-0.1, -0.05) is 18.2 Å². The van der Waals surface area contributed by atoms with E-state index in [9.17, 15) is 4.39 Å². The van der Waals surface area contributed by atoms with Crippen LogP contribution in [-0.2, 0) is 0 Å². The van der Waals surface area contributed by atoms with Gasteiger partial charge in [-0.15, -0.1) is 0 Å². The van der Waals surface area contributed by atoms with Gasteiger partial charge in [-0.3, -0.25) is 0 Å². The number of hydrogen-bond acceptors (Lipinski definition) is 1. The Kier molecular flexibility index (Phi) is 6.31. The van der Waals surface area contributed by atoms with Crippen LogP contribution in [0.2, 0.25) is 0 Å². The van der Waals surface area contributed by atoms with E-state index in [-0.39, 0.29) is 5.83 Å². The minimum atomic E-state index is -0.264. The maximum atomic E-state index is 12.4. The fraction of sp³-hybridized carbons (Fsp3) is 0.222. The zero-order chi connectivity index (χ0) is 9.40. The van der Waals surface area contributed by atoms with E-state index >= 15 is 0 Å². The summed E-state index contributed by atoms with van der Waals surface area (Å²) >= 11 is 3.03. The van der Waals surface area contributed by atoms with Gasteiger partial charge >= 0.3 is 0 Å². The highest BCUT2D eigenvalue weighted by atomic mass is 79.9. The van der Waals surface area contributed by atoms with E-state index in [1.807, 2.05) is 6.07 Å². The quantitative estimate of drug-likeness (QED) is 0.679. The molecule has 0 aliphatic rings. The first-order valence-corrected chi connectivity index (χ1v) is 4.20. The van der Waals surface area contributed by atoms with Gasteiger partial charge in [-0.05, 0) is 28.9 Å². The van der Waals surface area contributed by atoms with Crippen molar-refractivity contribution in [2.24, 2.45) is 0 Å². The standard InChI is InChI=1S/C9H9BrFN/c1-8(11)9(10)6-4-2-3-5-7-12/h2-4,6H,5H2,1H3/b3-2+,6-4-,9-8-. The van der Waals surface area contributed by atoms with Crippen molar-refractivity contribution in [2.45, 2.75) is 13.3 Å². The van der Waals surface area contributed by atoms with Crippen LogP contribution in [-0.4, -0.2) is 0 Å². The third kappa shape index (κ3) is 5.87. The van der Waals surface area contributed by atoms with Crippen molar-refractivity contribution in [2.75, 3.05) is 0 Å². The summed E-state index contributed by atoms with van der Waals surface area (Å²) in [6.45, 7) is 1.37. The van der Waals surface area contributed by atoms with E-state index in [2.05, 4.69) is 15.9 Å². The lowest BCUT2D eigenvalue weighted by molar-refractivity contribution is 0.639. The summed E-state index contributed by atoms with van der Waals surface area (Å²) in [5, 5.41) is 8.16. The van der Waals surface area contributed by atoms with Crippen LogP contribution in [0.1, 0.15) is 13.3 Å². The second kappa shape index (κ2) is 6.81. The first-order valence-electron chi connectivity index (χ1n) is 3.40. The van der Waals surface area contributed by atoms with E-state index in [4.69, 9.17) is 5.26 Å². The van der Waals surface area contributed by atoms with Crippen LogP contribution in [0.25, 0.3) is 0 Å². The third-order valence-electron chi connectivity index (χ3n) is 1.03. The Balaban J connectivity index is 3.95. The Morgan fingerprint density at radius 2 is 2.25 bits per heavy atom. The lowest BCUT2D eigenvalue weighted by Crippen LogP contribution is -1.65. The molecule has 0 aliphatic heterocycles. The van der Waals surface area contributed by atoms with E-state index in [1.165, 1.54) is 6.92 Å². The molecule has 1 nitrogen and oxygen atoms in total. The van der Waals surface area contributed by atoms with Gasteiger partial charge in [0, 0.05) is 4.48 Å². The molecular weight excluding hydrogens is 221 g/mol. The van der Waals surface area contributed by atoms with Crippen LogP contribution >= 0.6 is 15.9 Å². The zero-order valence-electron chi connectivity index (χ0n) is 6.72. The smallest absolute Gasteiger partial charge is 0.111 e. The van der Waals surface area contributed by atoms with Crippen molar-refractivity contribution < 1.29 is 4.39 Å². The Morgan fingerprint density at radius 1 is 1.58 bits per heavy atom. The minimum absolute atomic E-state index is 0.264. The molecule has 0 aromatic rings. The molecule has 0 saturated heterocycles. The van der Waals surface area contributed by atoms with Gasteiger partial charge < -0.3 is 0 Å². The number of nitriles is 1. The highest BCUT2D eigenvalue weighted by Crippen LogP contribution is 2.13. The molecule has 0 unspecified atom stereocenters. The molecule has 0 spiro atoms. The average Bonchev–Trinajstić information content (AvgIpc) is 2.03. The predicted molar refractivity (Wildman–Crippen MR) is 51.2 cm³/mol. The maximum absolute atomic E-state index is 12.4. The van der Waals surface area contributed by atoms with Gasteiger partial charge in [0.05, 0.1) is 12.5 Å². The SMILES string of the molecule is C\C(F)=C(Br)/C=C\C=C\CC#N. The normalized spacial score (nSPS) is 13.5. The van der Waals surface area contributed by atoms with Crippen LogP contribution < -0.4 is 0 Å². The van der Waals surface area contributed by atoms with Crippen molar-refractivity contribution in [3.63, 3.8) is 0 Å². The molecule has 0 heterocycles. The zero-order valence-corrected chi connectivity index (χ0v) is 8.31. The molecule has 0 saturated carbocycles. The summed E-state index contributed by atoms with van der Waals surface area (Å²) in [6.07, 6.45) is 7.03. The summed E-state index contributed by atoms with van der Waals surface area (Å²) in [5.41, 5.74) is 0. The summed E-state index contributed by atoms with van der Waals surface area (Å²) in [6, 6.07) is 1.96. The van der Waals surface area contributed by atoms with Gasteiger partial charge in [0.2, 0.25) is 0 Å². The highest BCUT2D eigenvalue weighted by molar-refractivity contribution is 9.11. The molecular formula is C9H9BrFN. The van der Waals surface area contributed by atoms with Gasteiger partial charge in [0.25, 0.3) is 0 Å². The van der Waals surface area contributed by atoms with Gasteiger partial charge in [-0.2, -0.15) is 5.26 Å². The minimum Gasteiger partial charge on any atom is -0.211 e. The second-order valence-corrected chi connectivity index (χ2v) is 2.89. The molecule has 0 aromatic heterocycles. The number of rotatable bonds is 3. The lowest BCUT2D eigenvalue weighted by Gasteiger charge is -1.86. The van der Waals surface area contributed by atoms with Crippen LogP contribution in [0.5, 0.6) is 0 Å². The number of hydrogen-bond donors (Lipinski definition) is 0. The van der Waals surface area contributed by atoms with Crippen molar-refractivity contribution in [1.82, 2.24) is 0 Å². The van der Waals surface area contributed by atoms with Crippen molar-refractivity contribution in [3.05, 3.63) is 34.6 Å². The molecule has 3 heteroatoms. The lowest BCUT2D eigenvalue weighted by atomic mass is 10.3. The van der Waals surface area contributed by atoms with E-state index in [0.29, 0.717) is 10.9 Å². The van der Waals surface area contributed by atoms with Crippen LogP contribution in [0.4, 0.5) is 4.39 Å². The summed E-state index contributed by atoms with van der Waals surface area (Å²) < 4.78 is 12.8. The van der Waals surface area contributed by atoms with E-state index in [0.717, 1.165) is 0 Å². The topological polar surface area (TPSA) is 23.8 Å². The summed E-state index contributed by atoms with van der Waals surface area (Å²) in [7, 11) is 0.